The molecule has 1 atom stereocenters. The highest BCUT2D eigenvalue weighted by molar-refractivity contribution is 7.99. The third-order valence-corrected chi connectivity index (χ3v) is 4.54. The zero-order valence-corrected chi connectivity index (χ0v) is 12.5. The standard InChI is InChI=1S/C15H12ClNO3S/c16-10-3-4-13-9(6-10)7-11(20-13)8-21-14-12(15(18)19)2-1-5-17-14/h1-6,11H,7-8H2,(H,18,19). The Bertz CT molecular complexity index is 692. The number of halogens is 1. The SMILES string of the molecule is O=C(O)c1cccnc1SCC1Cc2cc(Cl)ccc2O1. The number of carbonyl (C=O) groups is 1. The van der Waals surface area contributed by atoms with Crippen LogP contribution in [-0.2, 0) is 6.42 Å². The van der Waals surface area contributed by atoms with Crippen molar-refractivity contribution in [1.82, 2.24) is 4.98 Å². The molecule has 0 spiro atoms. The molecular weight excluding hydrogens is 310 g/mol. The van der Waals surface area contributed by atoms with Crippen molar-refractivity contribution in [2.45, 2.75) is 17.6 Å². The Morgan fingerprint density at radius 3 is 3.14 bits per heavy atom. The number of thioether (sulfide) groups is 1. The number of nitrogens with zero attached hydrogens (tertiary/aromatic N) is 1. The molecule has 0 saturated heterocycles. The molecule has 0 aliphatic carbocycles. The molecule has 1 unspecified atom stereocenters. The molecule has 0 fully saturated rings. The minimum atomic E-state index is -0.965. The third-order valence-electron chi connectivity index (χ3n) is 3.17. The van der Waals surface area contributed by atoms with Crippen LogP contribution in [0.5, 0.6) is 5.75 Å². The molecule has 1 aliphatic heterocycles. The molecule has 1 aliphatic rings. The van der Waals surface area contributed by atoms with Gasteiger partial charge in [0.1, 0.15) is 16.9 Å². The van der Waals surface area contributed by atoms with E-state index in [4.69, 9.17) is 21.4 Å². The lowest BCUT2D eigenvalue weighted by atomic mass is 10.1. The maximum absolute atomic E-state index is 11.1. The van der Waals surface area contributed by atoms with Gasteiger partial charge in [-0.25, -0.2) is 9.78 Å². The normalized spacial score (nSPS) is 16.3. The highest BCUT2D eigenvalue weighted by atomic mass is 35.5. The van der Waals surface area contributed by atoms with Crippen molar-refractivity contribution in [1.29, 1.82) is 0 Å². The van der Waals surface area contributed by atoms with Gasteiger partial charge in [-0.1, -0.05) is 11.6 Å². The molecule has 1 aromatic heterocycles. The van der Waals surface area contributed by atoms with E-state index in [9.17, 15) is 4.79 Å². The van der Waals surface area contributed by atoms with Crippen LogP contribution in [0.25, 0.3) is 0 Å². The number of rotatable bonds is 4. The molecule has 2 heterocycles. The summed E-state index contributed by atoms with van der Waals surface area (Å²) in [6.45, 7) is 0. The quantitative estimate of drug-likeness (QED) is 0.873. The first-order valence-corrected chi connectivity index (χ1v) is 7.76. The lowest BCUT2D eigenvalue weighted by molar-refractivity contribution is 0.0692. The third kappa shape index (κ3) is 3.14. The number of hydrogen-bond donors (Lipinski definition) is 1. The second-order valence-electron chi connectivity index (χ2n) is 4.67. The number of carboxylic acids is 1. The van der Waals surface area contributed by atoms with Gasteiger partial charge in [0.15, 0.2) is 0 Å². The number of hydrogen-bond acceptors (Lipinski definition) is 4. The van der Waals surface area contributed by atoms with Gasteiger partial charge in [-0.05, 0) is 35.9 Å². The van der Waals surface area contributed by atoms with E-state index < -0.39 is 5.97 Å². The fourth-order valence-corrected chi connectivity index (χ4v) is 3.39. The predicted octanol–water partition coefficient (Wildman–Crippen LogP) is 3.53. The van der Waals surface area contributed by atoms with E-state index in [1.54, 1.807) is 24.4 Å². The van der Waals surface area contributed by atoms with Crippen LogP contribution in [0.3, 0.4) is 0 Å². The lowest BCUT2D eigenvalue weighted by Gasteiger charge is -2.10. The second-order valence-corrected chi connectivity index (χ2v) is 6.11. The van der Waals surface area contributed by atoms with Crippen LogP contribution < -0.4 is 4.74 Å². The van der Waals surface area contributed by atoms with Crippen molar-refractivity contribution in [3.8, 4) is 5.75 Å². The van der Waals surface area contributed by atoms with Gasteiger partial charge < -0.3 is 9.84 Å². The molecule has 0 radical (unpaired) electrons. The number of aromatic nitrogens is 1. The van der Waals surface area contributed by atoms with E-state index in [1.807, 2.05) is 12.1 Å². The Balaban J connectivity index is 1.67. The first-order valence-electron chi connectivity index (χ1n) is 6.39. The van der Waals surface area contributed by atoms with Crippen LogP contribution in [0.15, 0.2) is 41.6 Å². The van der Waals surface area contributed by atoms with E-state index in [0.717, 1.165) is 17.7 Å². The van der Waals surface area contributed by atoms with E-state index >= 15 is 0 Å². The van der Waals surface area contributed by atoms with Gasteiger partial charge in [0.05, 0.1) is 5.56 Å². The van der Waals surface area contributed by atoms with Crippen molar-refractivity contribution in [2.75, 3.05) is 5.75 Å². The number of aromatic carboxylic acids is 1. The molecular formula is C15H12ClNO3S. The predicted molar refractivity (Wildman–Crippen MR) is 81.5 cm³/mol. The summed E-state index contributed by atoms with van der Waals surface area (Å²) >= 11 is 7.36. The largest absolute Gasteiger partial charge is 0.489 e. The Kier molecular flexibility index (Phi) is 4.03. The summed E-state index contributed by atoms with van der Waals surface area (Å²) in [7, 11) is 0. The number of pyridine rings is 1. The van der Waals surface area contributed by atoms with E-state index in [0.29, 0.717) is 15.8 Å². The first kappa shape index (κ1) is 14.2. The first-order chi connectivity index (χ1) is 10.1. The molecule has 108 valence electrons. The molecule has 6 heteroatoms. The fourth-order valence-electron chi connectivity index (χ4n) is 2.22. The summed E-state index contributed by atoms with van der Waals surface area (Å²) in [5, 5.41) is 10.3. The summed E-state index contributed by atoms with van der Waals surface area (Å²) in [5.74, 6) is 0.529. The smallest absolute Gasteiger partial charge is 0.338 e. The molecule has 4 nitrogen and oxygen atoms in total. The molecule has 0 amide bonds. The zero-order chi connectivity index (χ0) is 14.8. The van der Waals surface area contributed by atoms with Gasteiger partial charge in [-0.15, -0.1) is 11.8 Å². The summed E-state index contributed by atoms with van der Waals surface area (Å²) in [6, 6.07) is 8.76. The van der Waals surface area contributed by atoms with Crippen molar-refractivity contribution >= 4 is 29.3 Å². The van der Waals surface area contributed by atoms with Gasteiger partial charge in [0.25, 0.3) is 0 Å². The lowest BCUT2D eigenvalue weighted by Crippen LogP contribution is -2.16. The summed E-state index contributed by atoms with van der Waals surface area (Å²) in [5.41, 5.74) is 1.31. The molecule has 3 rings (SSSR count). The van der Waals surface area contributed by atoms with E-state index in [2.05, 4.69) is 4.98 Å². The van der Waals surface area contributed by atoms with Gasteiger partial charge >= 0.3 is 5.97 Å². The second kappa shape index (κ2) is 5.95. The van der Waals surface area contributed by atoms with Gasteiger partial charge in [-0.2, -0.15) is 0 Å². The average molecular weight is 322 g/mol. The summed E-state index contributed by atoms with van der Waals surface area (Å²) in [4.78, 5) is 15.3. The van der Waals surface area contributed by atoms with Crippen LogP contribution in [0.2, 0.25) is 5.02 Å². The van der Waals surface area contributed by atoms with Crippen molar-refractivity contribution in [3.63, 3.8) is 0 Å². The maximum Gasteiger partial charge on any atom is 0.338 e. The van der Waals surface area contributed by atoms with Crippen LogP contribution in [0.4, 0.5) is 0 Å². The fraction of sp³-hybridized carbons (Fsp3) is 0.200. The van der Waals surface area contributed by atoms with E-state index in [1.165, 1.54) is 11.8 Å². The highest BCUT2D eigenvalue weighted by Gasteiger charge is 2.24. The minimum Gasteiger partial charge on any atom is -0.489 e. The number of ether oxygens (including phenoxy) is 1. The molecule has 2 aromatic rings. The summed E-state index contributed by atoms with van der Waals surface area (Å²) < 4.78 is 5.83. The average Bonchev–Trinajstić information content (AvgIpc) is 2.87. The number of carboxylic acid groups (broad SMARTS) is 1. The van der Waals surface area contributed by atoms with Crippen LogP contribution >= 0.6 is 23.4 Å². The van der Waals surface area contributed by atoms with Crippen LogP contribution in [0.1, 0.15) is 15.9 Å². The van der Waals surface area contributed by atoms with Crippen molar-refractivity contribution in [3.05, 3.63) is 52.7 Å². The molecule has 1 N–H and O–H groups in total. The van der Waals surface area contributed by atoms with E-state index in [-0.39, 0.29) is 11.7 Å². The number of fused-ring (bicyclic) bond motifs is 1. The van der Waals surface area contributed by atoms with Gasteiger partial charge in [0, 0.05) is 23.4 Å². The van der Waals surface area contributed by atoms with Crippen LogP contribution in [-0.4, -0.2) is 27.9 Å². The molecule has 21 heavy (non-hydrogen) atoms. The highest BCUT2D eigenvalue weighted by Crippen LogP contribution is 2.33. The van der Waals surface area contributed by atoms with Gasteiger partial charge in [0.2, 0.25) is 0 Å². The Labute approximate surface area is 131 Å². The maximum atomic E-state index is 11.1. The molecule has 0 saturated carbocycles. The molecule has 0 bridgehead atoms. The minimum absolute atomic E-state index is 0.00659. The summed E-state index contributed by atoms with van der Waals surface area (Å²) in [6.07, 6.45) is 2.38. The van der Waals surface area contributed by atoms with Crippen LogP contribution in [0, 0.1) is 0 Å². The van der Waals surface area contributed by atoms with Crippen molar-refractivity contribution < 1.29 is 14.6 Å². The monoisotopic (exact) mass is 321 g/mol. The Morgan fingerprint density at radius 2 is 2.33 bits per heavy atom. The number of benzene rings is 1. The Hall–Kier alpha value is -1.72. The van der Waals surface area contributed by atoms with Crippen molar-refractivity contribution in [2.24, 2.45) is 0 Å². The van der Waals surface area contributed by atoms with Gasteiger partial charge in [-0.3, -0.25) is 0 Å². The Morgan fingerprint density at radius 1 is 1.48 bits per heavy atom. The zero-order valence-electron chi connectivity index (χ0n) is 11.0. The topological polar surface area (TPSA) is 59.4 Å². The molecule has 1 aromatic carbocycles.